The van der Waals surface area contributed by atoms with Crippen LogP contribution in [-0.2, 0) is 32.6 Å². The summed E-state index contributed by atoms with van der Waals surface area (Å²) >= 11 is 0. The number of hydrogen-bond donors (Lipinski definition) is 0. The summed E-state index contributed by atoms with van der Waals surface area (Å²) in [6.45, 7) is 4.59. The molecule has 324 valence electrons. The summed E-state index contributed by atoms with van der Waals surface area (Å²) in [7, 11) is 1.27. The van der Waals surface area contributed by atoms with Crippen LogP contribution in [0, 0.1) is 0 Å². The van der Waals surface area contributed by atoms with Crippen LogP contribution in [-0.4, -0.2) is 76.3 Å². The molecule has 0 aliphatic carbocycles. The Morgan fingerprint density at radius 3 is 1.80 bits per heavy atom. The van der Waals surface area contributed by atoms with Gasteiger partial charge < -0.3 is 32.6 Å². The maximum atomic E-state index is 12.7. The minimum Gasteiger partial charge on any atom is -0.756 e. The van der Waals surface area contributed by atoms with Gasteiger partial charge in [-0.1, -0.05) is 120 Å². The Balaban J connectivity index is 2.31. The Kier molecular flexibility index (Phi) is 32.5. The van der Waals surface area contributed by atoms with Crippen LogP contribution in [0.25, 0.3) is 0 Å². The maximum Gasteiger partial charge on any atom is 0.306 e. The van der Waals surface area contributed by atoms with Crippen LogP contribution in [0.2, 0.25) is 0 Å². The van der Waals surface area contributed by atoms with Gasteiger partial charge >= 0.3 is 5.97 Å². The van der Waals surface area contributed by atoms with Gasteiger partial charge in [-0.15, -0.1) is 0 Å². The molecule has 0 saturated carbocycles. The molecule has 0 aromatic carbocycles. The molecular weight excluding hydrogens is 725 g/mol. The van der Waals surface area contributed by atoms with Gasteiger partial charge in [0.05, 0.1) is 46.2 Å². The average Bonchev–Trinajstić information content (AvgIpc) is 3.91. The smallest absolute Gasteiger partial charge is 0.306 e. The van der Waals surface area contributed by atoms with E-state index < -0.39 is 19.9 Å². The molecule has 3 unspecified atom stereocenters. The molecule has 0 N–H and O–H groups in total. The summed E-state index contributed by atoms with van der Waals surface area (Å²) in [5, 5.41) is 0. The van der Waals surface area contributed by atoms with Gasteiger partial charge in [0.1, 0.15) is 19.8 Å². The Labute approximate surface area is 343 Å². The summed E-state index contributed by atoms with van der Waals surface area (Å²) < 4.78 is 40.1. The number of allylic oxidation sites excluding steroid dienone is 7. The number of hydrogen-bond acceptors (Lipinski definition) is 8. The zero-order chi connectivity index (χ0) is 41.0. The molecule has 1 saturated heterocycles. The van der Waals surface area contributed by atoms with Crippen LogP contribution in [0.5, 0.6) is 0 Å². The highest BCUT2D eigenvalue weighted by Gasteiger charge is 2.36. The molecule has 0 radical (unpaired) electrons. The average molecular weight is 808 g/mol. The van der Waals surface area contributed by atoms with Gasteiger partial charge in [0.15, 0.2) is 6.10 Å². The highest BCUT2D eigenvalue weighted by atomic mass is 31.2. The van der Waals surface area contributed by atoms with E-state index >= 15 is 0 Å². The molecule has 0 bridgehead atoms. The highest BCUT2D eigenvalue weighted by molar-refractivity contribution is 7.45. The molecule has 1 fully saturated rings. The van der Waals surface area contributed by atoms with Crippen LogP contribution in [0.4, 0.5) is 0 Å². The summed E-state index contributed by atoms with van der Waals surface area (Å²) in [4.78, 5) is 25.1. The van der Waals surface area contributed by atoms with Crippen LogP contribution < -0.4 is 4.89 Å². The fourth-order valence-corrected chi connectivity index (χ4v) is 6.62. The maximum absolute atomic E-state index is 12.7. The van der Waals surface area contributed by atoms with E-state index in [2.05, 4.69) is 62.5 Å². The van der Waals surface area contributed by atoms with Crippen molar-refractivity contribution in [1.29, 1.82) is 0 Å². The lowest BCUT2D eigenvalue weighted by atomic mass is 10.1. The number of phosphoric acid groups is 1. The van der Waals surface area contributed by atoms with Gasteiger partial charge in [0.25, 0.3) is 7.82 Å². The van der Waals surface area contributed by atoms with Gasteiger partial charge in [-0.25, -0.2) is 0 Å². The lowest BCUT2D eigenvalue weighted by Gasteiger charge is -2.28. The zero-order valence-corrected chi connectivity index (χ0v) is 37.2. The lowest BCUT2D eigenvalue weighted by molar-refractivity contribution is -0.870. The Morgan fingerprint density at radius 2 is 1.16 bits per heavy atom. The molecule has 1 heterocycles. The largest absolute Gasteiger partial charge is 0.756 e. The first kappa shape index (κ1) is 52.0. The van der Waals surface area contributed by atoms with Crippen molar-refractivity contribution < 1.29 is 42.0 Å². The third kappa shape index (κ3) is 35.2. The summed E-state index contributed by atoms with van der Waals surface area (Å²) in [6, 6.07) is 0. The summed E-state index contributed by atoms with van der Waals surface area (Å²) in [6.07, 6.45) is 46.4. The standard InChI is InChI=1S/C46H82NO8P/c1-6-8-10-12-14-16-17-18-19-20-21-22-24-26-30-34-39-51-41-43(42-53-56(49,50)52-40-38-47(3,4)5)54-46(48)37-33-29-28-32-36-45-44(55-45)35-31-27-25-23-15-13-11-9-7-2/h15-17,23,27-28,31-32,34,39,43-45H,6-14,18-22,24-26,29-30,33,35-38,40-42H2,1-5H3/b17-16-,23-15-,31-27-,32-28-,39-34+/t43-,44?,45?/m1/s1. The number of unbranched alkanes of at least 4 members (excludes halogenated alkanes) is 15. The number of ether oxygens (including phenoxy) is 3. The minimum atomic E-state index is -4.57. The second-order valence-electron chi connectivity index (χ2n) is 16.1. The molecule has 0 amide bonds. The predicted molar refractivity (Wildman–Crippen MR) is 230 cm³/mol. The first-order chi connectivity index (χ1) is 27.1. The Hall–Kier alpha value is -2.00. The van der Waals surface area contributed by atoms with E-state index in [1.807, 2.05) is 27.2 Å². The highest BCUT2D eigenvalue weighted by Crippen LogP contribution is 2.38. The molecule has 0 aromatic heterocycles. The van der Waals surface area contributed by atoms with Crippen LogP contribution in [0.3, 0.4) is 0 Å². The van der Waals surface area contributed by atoms with Gasteiger partial charge in [-0.3, -0.25) is 9.36 Å². The number of phosphoric ester groups is 1. The van der Waals surface area contributed by atoms with Gasteiger partial charge in [-0.05, 0) is 89.5 Å². The minimum absolute atomic E-state index is 0.000212. The van der Waals surface area contributed by atoms with Crippen LogP contribution in [0.15, 0.2) is 60.9 Å². The van der Waals surface area contributed by atoms with E-state index in [0.29, 0.717) is 23.6 Å². The van der Waals surface area contributed by atoms with Crippen molar-refractivity contribution in [3.63, 3.8) is 0 Å². The number of quaternary nitrogens is 1. The molecule has 56 heavy (non-hydrogen) atoms. The topological polar surface area (TPSA) is 107 Å². The molecule has 0 aromatic rings. The van der Waals surface area contributed by atoms with Gasteiger partial charge in [0.2, 0.25) is 0 Å². The molecule has 1 rings (SSSR count). The van der Waals surface area contributed by atoms with Crippen molar-refractivity contribution in [1.82, 2.24) is 0 Å². The second-order valence-corrected chi connectivity index (χ2v) is 17.6. The number of esters is 1. The van der Waals surface area contributed by atoms with E-state index in [9.17, 15) is 14.3 Å². The van der Waals surface area contributed by atoms with Crippen LogP contribution >= 0.6 is 7.82 Å². The van der Waals surface area contributed by atoms with Gasteiger partial charge in [-0.2, -0.15) is 0 Å². The number of epoxide rings is 1. The molecule has 1 aliphatic heterocycles. The van der Waals surface area contributed by atoms with E-state index in [1.165, 1.54) is 96.3 Å². The van der Waals surface area contributed by atoms with Crippen LogP contribution in [0.1, 0.15) is 162 Å². The van der Waals surface area contributed by atoms with Crippen molar-refractivity contribution in [3.8, 4) is 0 Å². The third-order valence-corrected chi connectivity index (χ3v) is 10.5. The number of nitrogens with zero attached hydrogens (tertiary/aromatic N) is 1. The van der Waals surface area contributed by atoms with Crippen molar-refractivity contribution in [2.24, 2.45) is 0 Å². The quantitative estimate of drug-likeness (QED) is 0.0115. The molecule has 0 spiro atoms. The first-order valence-corrected chi connectivity index (χ1v) is 23.6. The van der Waals surface area contributed by atoms with Crippen molar-refractivity contribution in [2.75, 3.05) is 47.5 Å². The third-order valence-electron chi connectivity index (χ3n) is 9.51. The number of carbonyl (C=O) groups excluding carboxylic acids is 1. The Bertz CT molecular complexity index is 1140. The lowest BCUT2D eigenvalue weighted by Crippen LogP contribution is -2.37. The number of rotatable bonds is 39. The van der Waals surface area contributed by atoms with E-state index in [1.54, 1.807) is 6.26 Å². The Morgan fingerprint density at radius 1 is 0.661 bits per heavy atom. The van der Waals surface area contributed by atoms with E-state index in [4.69, 9.17) is 23.3 Å². The molecule has 4 atom stereocenters. The fraction of sp³-hybridized carbons (Fsp3) is 0.761. The summed E-state index contributed by atoms with van der Waals surface area (Å²) in [5.74, 6) is -0.419. The summed E-state index contributed by atoms with van der Waals surface area (Å²) in [5.41, 5.74) is 0. The monoisotopic (exact) mass is 808 g/mol. The van der Waals surface area contributed by atoms with Crippen molar-refractivity contribution >= 4 is 13.8 Å². The zero-order valence-electron chi connectivity index (χ0n) is 36.3. The normalized spacial score (nSPS) is 17.9. The van der Waals surface area contributed by atoms with E-state index in [0.717, 1.165) is 38.5 Å². The molecule has 9 nitrogen and oxygen atoms in total. The molecular formula is C46H82NO8P. The fourth-order valence-electron chi connectivity index (χ4n) is 5.89. The molecule has 1 aliphatic rings. The number of likely N-dealkylation sites (N-methyl/N-ethyl adjacent to an activating group) is 1. The SMILES string of the molecule is CCCCC/C=C\C/C=C\CC1OC1C/C=C\CCCC(=O)O[C@H](CO/C=C/CCCCCCCC/C=C\CCCCCC)COP(=O)([O-])OCC[N+](C)(C)C. The second kappa shape index (κ2) is 35.0. The first-order valence-electron chi connectivity index (χ1n) is 22.2. The predicted octanol–water partition coefficient (Wildman–Crippen LogP) is 11.6. The van der Waals surface area contributed by atoms with Gasteiger partial charge in [0, 0.05) is 6.42 Å². The van der Waals surface area contributed by atoms with Crippen molar-refractivity contribution in [3.05, 3.63) is 60.9 Å². The molecule has 10 heteroatoms. The number of carbonyl (C=O) groups is 1. The van der Waals surface area contributed by atoms with Crippen molar-refractivity contribution in [2.45, 2.75) is 180 Å². The van der Waals surface area contributed by atoms with E-state index in [-0.39, 0.29) is 32.3 Å².